The van der Waals surface area contributed by atoms with E-state index in [-0.39, 0.29) is 42.2 Å². The van der Waals surface area contributed by atoms with Crippen molar-refractivity contribution >= 4 is 23.2 Å². The van der Waals surface area contributed by atoms with Gasteiger partial charge < -0.3 is 31.7 Å². The zero-order valence-electron chi connectivity index (χ0n) is 20.7. The van der Waals surface area contributed by atoms with Gasteiger partial charge in [0.2, 0.25) is 0 Å². The van der Waals surface area contributed by atoms with E-state index in [0.29, 0.717) is 35.2 Å². The lowest BCUT2D eigenvalue weighted by atomic mass is 9.62. The van der Waals surface area contributed by atoms with Crippen LogP contribution in [0.25, 0.3) is 0 Å². The van der Waals surface area contributed by atoms with E-state index < -0.39 is 52.3 Å². The molecule has 1 amide bonds. The van der Waals surface area contributed by atoms with Crippen molar-refractivity contribution in [3.05, 3.63) is 81.1 Å². The number of aromatic hydroxyl groups is 1. The highest BCUT2D eigenvalue weighted by molar-refractivity contribution is 6.22. The number of phenolic OH excluding ortho intramolecular Hbond substituents is 1. The molecule has 3 aliphatic rings. The SMILES string of the molecule is CNc1cc(CNCc2ccccc2F)c(O)c2c1CC1CC3CC(O)=C(C(N)=O)C(=O)C3C(O)=C1C2=O. The second-order valence-electron chi connectivity index (χ2n) is 9.99. The van der Waals surface area contributed by atoms with E-state index in [1.165, 1.54) is 6.07 Å². The molecule has 10 heteroatoms. The average molecular weight is 522 g/mol. The molecule has 9 nitrogen and oxygen atoms in total. The summed E-state index contributed by atoms with van der Waals surface area (Å²) in [6.07, 6.45) is 0.630. The lowest BCUT2D eigenvalue weighted by molar-refractivity contribution is -0.126. The van der Waals surface area contributed by atoms with E-state index in [0.717, 1.165) is 0 Å². The number of allylic oxidation sites excluding steroid dienone is 3. The van der Waals surface area contributed by atoms with Gasteiger partial charge in [-0.05, 0) is 42.4 Å². The molecule has 0 heterocycles. The van der Waals surface area contributed by atoms with Crippen LogP contribution in [0.5, 0.6) is 5.75 Å². The van der Waals surface area contributed by atoms with Crippen molar-refractivity contribution in [2.24, 2.45) is 23.5 Å². The molecule has 0 radical (unpaired) electrons. The van der Waals surface area contributed by atoms with Crippen LogP contribution in [-0.4, -0.2) is 39.8 Å². The number of ketones is 2. The lowest BCUT2D eigenvalue weighted by Crippen LogP contribution is -2.43. The van der Waals surface area contributed by atoms with Gasteiger partial charge in [0.1, 0.15) is 28.7 Å². The van der Waals surface area contributed by atoms with Crippen LogP contribution in [-0.2, 0) is 29.1 Å². The standard InChI is InChI=1S/C28H28FN3O6/c1-31-18-8-15(11-32-10-12-4-2-3-5-17(12)29)24(34)22-16(18)7-13-6-14-9-19(33)23(28(30)38)27(37)21(14)25(35)20(13)26(22)36/h2-5,8,13-14,21,31-35H,6-7,9-11H2,1H3,(H2,30,38). The molecular formula is C28H28FN3O6. The van der Waals surface area contributed by atoms with Crippen molar-refractivity contribution in [3.63, 3.8) is 0 Å². The molecule has 5 rings (SSSR count). The Morgan fingerprint density at radius 2 is 1.82 bits per heavy atom. The molecule has 3 unspecified atom stereocenters. The van der Waals surface area contributed by atoms with Crippen molar-refractivity contribution in [2.45, 2.75) is 32.4 Å². The zero-order chi connectivity index (χ0) is 27.3. The number of rotatable bonds is 6. The van der Waals surface area contributed by atoms with Gasteiger partial charge in [0.25, 0.3) is 5.91 Å². The lowest BCUT2D eigenvalue weighted by Gasteiger charge is -2.41. The number of hydrogen-bond acceptors (Lipinski definition) is 8. The van der Waals surface area contributed by atoms with E-state index >= 15 is 0 Å². The second kappa shape index (κ2) is 9.60. The summed E-state index contributed by atoms with van der Waals surface area (Å²) in [5.74, 6) is -6.04. The Morgan fingerprint density at radius 1 is 1.11 bits per heavy atom. The highest BCUT2D eigenvalue weighted by Crippen LogP contribution is 2.50. The van der Waals surface area contributed by atoms with E-state index in [1.807, 2.05) is 0 Å². The number of nitrogens with one attached hydrogen (secondary N) is 2. The molecule has 198 valence electrons. The van der Waals surface area contributed by atoms with Crippen LogP contribution in [0.2, 0.25) is 0 Å². The number of nitrogens with two attached hydrogens (primary N) is 1. The minimum atomic E-state index is -1.17. The Balaban J connectivity index is 1.50. The van der Waals surface area contributed by atoms with Crippen molar-refractivity contribution in [1.82, 2.24) is 5.32 Å². The number of aliphatic hydroxyl groups excluding tert-OH is 2. The molecule has 0 aromatic heterocycles. The van der Waals surface area contributed by atoms with Crippen molar-refractivity contribution in [1.29, 1.82) is 0 Å². The topological polar surface area (TPSA) is 162 Å². The first kappa shape index (κ1) is 25.5. The first-order valence-corrected chi connectivity index (χ1v) is 12.4. The molecule has 2 aromatic carbocycles. The van der Waals surface area contributed by atoms with Gasteiger partial charge in [-0.2, -0.15) is 0 Å². The van der Waals surface area contributed by atoms with Crippen LogP contribution in [0.15, 0.2) is 53.0 Å². The zero-order valence-corrected chi connectivity index (χ0v) is 20.7. The third-order valence-corrected chi connectivity index (χ3v) is 7.82. The van der Waals surface area contributed by atoms with Gasteiger partial charge in [-0.25, -0.2) is 4.39 Å². The van der Waals surface area contributed by atoms with Crippen LogP contribution in [0, 0.1) is 23.6 Å². The van der Waals surface area contributed by atoms with Crippen molar-refractivity contribution in [2.75, 3.05) is 12.4 Å². The molecule has 0 fully saturated rings. The first-order valence-electron chi connectivity index (χ1n) is 12.4. The maximum absolute atomic E-state index is 14.0. The number of phenols is 1. The van der Waals surface area contributed by atoms with E-state index in [1.54, 1.807) is 31.3 Å². The van der Waals surface area contributed by atoms with Crippen LogP contribution < -0.4 is 16.4 Å². The molecule has 38 heavy (non-hydrogen) atoms. The number of carbonyl (C=O) groups excluding carboxylic acids is 3. The summed E-state index contributed by atoms with van der Waals surface area (Å²) in [5.41, 5.74) is 6.88. The summed E-state index contributed by atoms with van der Waals surface area (Å²) >= 11 is 0. The molecule has 0 bridgehead atoms. The van der Waals surface area contributed by atoms with Crippen LogP contribution in [0.3, 0.4) is 0 Å². The third kappa shape index (κ3) is 4.01. The second-order valence-corrected chi connectivity index (χ2v) is 9.99. The number of aliphatic hydroxyl groups is 2. The minimum Gasteiger partial charge on any atom is -0.511 e. The molecule has 0 aliphatic heterocycles. The number of Topliss-reactive ketones (excluding diaryl/α,β-unsaturated/α-hetero) is 2. The van der Waals surface area contributed by atoms with Crippen LogP contribution in [0.4, 0.5) is 10.1 Å². The van der Waals surface area contributed by atoms with E-state index in [2.05, 4.69) is 10.6 Å². The number of carbonyl (C=O) groups is 3. The summed E-state index contributed by atoms with van der Waals surface area (Å²) in [5, 5.41) is 38.7. The molecular weight excluding hydrogens is 493 g/mol. The number of hydrogen-bond donors (Lipinski definition) is 6. The predicted molar refractivity (Wildman–Crippen MR) is 136 cm³/mol. The highest BCUT2D eigenvalue weighted by atomic mass is 19.1. The molecule has 3 aliphatic carbocycles. The van der Waals surface area contributed by atoms with Gasteiger partial charge in [-0.3, -0.25) is 14.4 Å². The Morgan fingerprint density at radius 3 is 2.50 bits per heavy atom. The molecule has 7 N–H and O–H groups in total. The maximum atomic E-state index is 14.0. The smallest absolute Gasteiger partial charge is 0.255 e. The summed E-state index contributed by atoms with van der Waals surface area (Å²) in [6.45, 7) is 0.340. The Kier molecular flexibility index (Phi) is 6.44. The summed E-state index contributed by atoms with van der Waals surface area (Å²) < 4.78 is 14.0. The van der Waals surface area contributed by atoms with Crippen LogP contribution >= 0.6 is 0 Å². The largest absolute Gasteiger partial charge is 0.511 e. The van der Waals surface area contributed by atoms with E-state index in [4.69, 9.17) is 5.73 Å². The number of amides is 1. The van der Waals surface area contributed by atoms with Gasteiger partial charge in [0.05, 0.1) is 11.5 Å². The summed E-state index contributed by atoms with van der Waals surface area (Å²) in [7, 11) is 1.70. The molecule has 0 spiro atoms. The van der Waals surface area contributed by atoms with Gasteiger partial charge in [-0.15, -0.1) is 0 Å². The highest BCUT2D eigenvalue weighted by Gasteiger charge is 2.50. The molecule has 0 saturated carbocycles. The number of anilines is 1. The Labute approximate surface area is 217 Å². The Bertz CT molecular complexity index is 1450. The first-order chi connectivity index (χ1) is 18.1. The monoisotopic (exact) mass is 521 g/mol. The fourth-order valence-corrected chi connectivity index (χ4v) is 6.09. The summed E-state index contributed by atoms with van der Waals surface area (Å²) in [4.78, 5) is 38.5. The van der Waals surface area contributed by atoms with Gasteiger partial charge in [0.15, 0.2) is 11.6 Å². The number of benzene rings is 2. The fourth-order valence-electron chi connectivity index (χ4n) is 6.09. The third-order valence-electron chi connectivity index (χ3n) is 7.82. The van der Waals surface area contributed by atoms with Gasteiger partial charge in [0, 0.05) is 48.9 Å². The van der Waals surface area contributed by atoms with Gasteiger partial charge >= 0.3 is 0 Å². The summed E-state index contributed by atoms with van der Waals surface area (Å²) in [6, 6.07) is 8.05. The van der Waals surface area contributed by atoms with Crippen LogP contribution in [0.1, 0.15) is 39.9 Å². The minimum absolute atomic E-state index is 0.0136. The van der Waals surface area contributed by atoms with Crippen molar-refractivity contribution < 1.29 is 34.1 Å². The fraction of sp³-hybridized carbons (Fsp3) is 0.321. The number of fused-ring (bicyclic) bond motifs is 3. The molecule has 2 aromatic rings. The quantitative estimate of drug-likeness (QED) is 0.250. The molecule has 0 saturated heterocycles. The normalized spacial score (nSPS) is 22.6. The predicted octanol–water partition coefficient (Wildman–Crippen LogP) is 2.94. The maximum Gasteiger partial charge on any atom is 0.255 e. The Hall–Kier alpha value is -4.18. The molecule has 3 atom stereocenters. The van der Waals surface area contributed by atoms with Crippen molar-refractivity contribution in [3.8, 4) is 5.75 Å². The number of primary amides is 1. The number of halogens is 1. The van der Waals surface area contributed by atoms with Gasteiger partial charge in [-0.1, -0.05) is 18.2 Å². The average Bonchev–Trinajstić information content (AvgIpc) is 2.85. The van der Waals surface area contributed by atoms with E-state index in [9.17, 15) is 34.1 Å².